The van der Waals surface area contributed by atoms with Gasteiger partial charge in [-0.3, -0.25) is 4.79 Å². The third-order valence-electron chi connectivity index (χ3n) is 7.18. The second-order valence-electron chi connectivity index (χ2n) is 11.1. The Kier molecular flexibility index (Phi) is 13.4. The summed E-state index contributed by atoms with van der Waals surface area (Å²) in [4.78, 5) is 29.1. The Labute approximate surface area is 292 Å². The zero-order chi connectivity index (χ0) is 36.0. The summed E-state index contributed by atoms with van der Waals surface area (Å²) in [6.45, 7) is 2.59. The Morgan fingerprint density at radius 2 is 1.76 bits per heavy atom. The average Bonchev–Trinajstić information content (AvgIpc) is 3.51. The molecule has 0 saturated carbocycles. The fourth-order valence-corrected chi connectivity index (χ4v) is 5.06. The third kappa shape index (κ3) is 11.1. The summed E-state index contributed by atoms with van der Waals surface area (Å²) in [6.07, 6.45) is 0.504. The Hall–Kier alpha value is -5.81. The lowest BCUT2D eigenvalue weighted by atomic mass is 9.88. The summed E-state index contributed by atoms with van der Waals surface area (Å²) in [6, 6.07) is 27.3. The van der Waals surface area contributed by atoms with E-state index in [1.54, 1.807) is 65.7 Å². The molecular formula is C35H33ClF2N6O6. The molecular weight excluding hydrogens is 674 g/mol. The monoisotopic (exact) mass is 706 g/mol. The largest absolute Gasteiger partial charge is 0.457 e. The number of halogens is 3. The molecule has 1 fully saturated rings. The first-order valence-electron chi connectivity index (χ1n) is 15.3. The van der Waals surface area contributed by atoms with Gasteiger partial charge in [0.25, 0.3) is 5.96 Å². The summed E-state index contributed by atoms with van der Waals surface area (Å²) in [5.41, 5.74) is 1.98. The minimum absolute atomic E-state index is 0.00486. The minimum atomic E-state index is -2.93. The van der Waals surface area contributed by atoms with Crippen molar-refractivity contribution in [2.24, 2.45) is 11.0 Å². The Morgan fingerprint density at radius 3 is 2.38 bits per heavy atom. The molecule has 1 aromatic heterocycles. The lowest BCUT2D eigenvalue weighted by Crippen LogP contribution is -2.30. The van der Waals surface area contributed by atoms with Crippen LogP contribution in [0.2, 0.25) is 5.15 Å². The van der Waals surface area contributed by atoms with E-state index in [4.69, 9.17) is 21.1 Å². The molecule has 2 atom stereocenters. The van der Waals surface area contributed by atoms with E-state index in [0.717, 1.165) is 5.56 Å². The summed E-state index contributed by atoms with van der Waals surface area (Å²) in [7, 11) is 0. The molecule has 0 spiro atoms. The van der Waals surface area contributed by atoms with Crippen LogP contribution in [0.1, 0.15) is 42.6 Å². The molecule has 3 aromatic carbocycles. The van der Waals surface area contributed by atoms with E-state index in [1.165, 1.54) is 12.1 Å². The van der Waals surface area contributed by atoms with Crippen LogP contribution in [-0.4, -0.2) is 46.5 Å². The molecule has 1 saturated heterocycles. The normalized spacial score (nSPS) is 14.2. The van der Waals surface area contributed by atoms with Crippen LogP contribution in [-0.2, 0) is 16.1 Å². The maximum absolute atomic E-state index is 13.0. The fraction of sp³-hybridized carbons (Fsp3) is 0.257. The van der Waals surface area contributed by atoms with Gasteiger partial charge in [0.2, 0.25) is 6.10 Å². The number of para-hydroxylation sites is 1. The van der Waals surface area contributed by atoms with Gasteiger partial charge in [0, 0.05) is 31.4 Å². The number of ether oxygens (including phenoxy) is 3. The van der Waals surface area contributed by atoms with E-state index in [0.29, 0.717) is 47.4 Å². The Balaban J connectivity index is 0.000000276. The number of esters is 1. The van der Waals surface area contributed by atoms with Crippen LogP contribution in [0.15, 0.2) is 102 Å². The van der Waals surface area contributed by atoms with E-state index in [1.807, 2.05) is 44.2 Å². The molecule has 12 nitrogen and oxygen atoms in total. The van der Waals surface area contributed by atoms with Gasteiger partial charge in [-0.1, -0.05) is 74.0 Å². The quantitative estimate of drug-likeness (QED) is 0.0687. The van der Waals surface area contributed by atoms with E-state index >= 15 is 0 Å². The fourth-order valence-electron chi connectivity index (χ4n) is 4.94. The van der Waals surface area contributed by atoms with Crippen molar-refractivity contribution >= 4 is 23.5 Å². The summed E-state index contributed by atoms with van der Waals surface area (Å²) < 4.78 is 40.5. The molecule has 1 N–H and O–H groups in total. The number of nitrogens with zero attached hydrogens (tertiary/aromatic N) is 5. The number of hydrazone groups is 1. The van der Waals surface area contributed by atoms with E-state index in [9.17, 15) is 29.0 Å². The molecule has 0 bridgehead atoms. The van der Waals surface area contributed by atoms with Gasteiger partial charge in [0.05, 0.1) is 5.92 Å². The second-order valence-corrected chi connectivity index (χ2v) is 11.5. The van der Waals surface area contributed by atoms with Crippen LogP contribution in [0, 0.1) is 27.4 Å². The molecule has 1 aliphatic rings. The molecule has 15 heteroatoms. The molecule has 0 amide bonds. The number of guanidine groups is 1. The number of hydrogen-bond acceptors (Lipinski definition) is 8. The third-order valence-corrected chi connectivity index (χ3v) is 7.40. The number of nitrogens with one attached hydrogen (secondary N) is 1. The number of nitriles is 1. The van der Waals surface area contributed by atoms with Gasteiger partial charge in [-0.05, 0) is 59.5 Å². The SMILES string of the molecule is CC(C)[C@H](C(=O)OC(C#N)c1cccc(Oc2ccccc2)c1)c1ccc(OC(F)F)cc1.O=[N+]([O-])/N=C1\NCCN1Cc1ccc(Cl)nc1. The molecule has 0 radical (unpaired) electrons. The highest BCUT2D eigenvalue weighted by atomic mass is 35.5. The van der Waals surface area contributed by atoms with Gasteiger partial charge >= 0.3 is 12.6 Å². The van der Waals surface area contributed by atoms with Gasteiger partial charge in [0.15, 0.2) is 5.03 Å². The first-order chi connectivity index (χ1) is 24.0. The first-order valence-corrected chi connectivity index (χ1v) is 15.7. The number of carbonyl (C=O) groups is 1. The van der Waals surface area contributed by atoms with Gasteiger partial charge in [-0.15, -0.1) is 0 Å². The number of nitro groups is 1. The van der Waals surface area contributed by atoms with E-state index in [-0.39, 0.29) is 17.6 Å². The molecule has 2 heterocycles. The van der Waals surface area contributed by atoms with Crippen LogP contribution in [0.5, 0.6) is 17.2 Å². The predicted octanol–water partition coefficient (Wildman–Crippen LogP) is 7.32. The molecule has 0 aliphatic carbocycles. The standard InChI is InChI=1S/C26H23F2NO4.C9H10ClN5O2/c1-17(2)24(18-11-13-21(14-12-18)32-26(27)28)25(30)33-23(16-29)19-7-6-10-22(15-19)31-20-8-4-3-5-9-20;10-8-2-1-7(5-12-8)6-14-4-3-11-9(14)13-15(16)17/h3-15,17,23-24,26H,1-2H3;1-2,5H,3-4,6H2,(H,11,13)/t23?,24-;/m0./s1. The van der Waals surface area contributed by atoms with Gasteiger partial charge in [0.1, 0.15) is 33.6 Å². The van der Waals surface area contributed by atoms with Crippen molar-refractivity contribution in [2.75, 3.05) is 13.1 Å². The van der Waals surface area contributed by atoms with Crippen LogP contribution in [0.4, 0.5) is 8.78 Å². The highest BCUT2D eigenvalue weighted by Gasteiger charge is 2.29. The number of benzene rings is 3. The van der Waals surface area contributed by atoms with Gasteiger partial charge in [-0.2, -0.15) is 14.0 Å². The smallest absolute Gasteiger partial charge is 0.387 e. The molecule has 1 unspecified atom stereocenters. The zero-order valence-electron chi connectivity index (χ0n) is 27.0. The minimum Gasteiger partial charge on any atom is -0.457 e. The topological polar surface area (TPSA) is 152 Å². The van der Waals surface area contributed by atoms with Gasteiger partial charge in [-0.25, -0.2) is 15.1 Å². The molecule has 1 aliphatic heterocycles. The summed E-state index contributed by atoms with van der Waals surface area (Å²) in [5.74, 6) is -0.0193. The van der Waals surface area contributed by atoms with Crippen molar-refractivity contribution in [2.45, 2.75) is 39.0 Å². The van der Waals surface area contributed by atoms with Crippen LogP contribution in [0.3, 0.4) is 0 Å². The summed E-state index contributed by atoms with van der Waals surface area (Å²) in [5, 5.41) is 25.8. The molecule has 4 aromatic rings. The number of hydrogen-bond donors (Lipinski definition) is 1. The number of alkyl halides is 2. The maximum Gasteiger partial charge on any atom is 0.387 e. The highest BCUT2D eigenvalue weighted by molar-refractivity contribution is 6.29. The lowest BCUT2D eigenvalue weighted by molar-refractivity contribution is -0.485. The van der Waals surface area contributed by atoms with Gasteiger partial charge < -0.3 is 24.4 Å². The van der Waals surface area contributed by atoms with Crippen molar-refractivity contribution in [1.82, 2.24) is 15.2 Å². The van der Waals surface area contributed by atoms with Crippen LogP contribution >= 0.6 is 11.6 Å². The van der Waals surface area contributed by atoms with E-state index < -0.39 is 29.6 Å². The maximum atomic E-state index is 13.0. The predicted molar refractivity (Wildman–Crippen MR) is 180 cm³/mol. The van der Waals surface area contributed by atoms with E-state index in [2.05, 4.69) is 20.1 Å². The summed E-state index contributed by atoms with van der Waals surface area (Å²) >= 11 is 5.68. The average molecular weight is 707 g/mol. The van der Waals surface area contributed by atoms with Crippen molar-refractivity contribution < 1.29 is 32.8 Å². The van der Waals surface area contributed by atoms with Crippen molar-refractivity contribution in [1.29, 1.82) is 5.26 Å². The Bertz CT molecular complexity index is 1790. The first kappa shape index (κ1) is 37.0. The van der Waals surface area contributed by atoms with Crippen molar-refractivity contribution in [3.05, 3.63) is 129 Å². The number of carbonyl (C=O) groups excluding carboxylic acids is 1. The number of rotatable bonds is 12. The molecule has 50 heavy (non-hydrogen) atoms. The van der Waals surface area contributed by atoms with Crippen molar-refractivity contribution in [3.8, 4) is 23.3 Å². The highest BCUT2D eigenvalue weighted by Crippen LogP contribution is 2.32. The lowest BCUT2D eigenvalue weighted by Gasteiger charge is -2.22. The zero-order valence-corrected chi connectivity index (χ0v) is 27.7. The van der Waals surface area contributed by atoms with Crippen molar-refractivity contribution in [3.63, 3.8) is 0 Å². The van der Waals surface area contributed by atoms with Crippen LogP contribution in [0.25, 0.3) is 0 Å². The number of aromatic nitrogens is 1. The molecule has 260 valence electrons. The molecule has 5 rings (SSSR count). The van der Waals surface area contributed by atoms with Crippen LogP contribution < -0.4 is 14.8 Å². The second kappa shape index (κ2) is 18.1. The number of pyridine rings is 1. The Morgan fingerprint density at radius 1 is 1.04 bits per heavy atom.